The van der Waals surface area contributed by atoms with Crippen LogP contribution in [0.4, 0.5) is 0 Å². The number of rotatable bonds is 4. The van der Waals surface area contributed by atoms with Crippen LogP contribution in [-0.4, -0.2) is 36.5 Å². The standard InChI is InChI=1S/C15H26N2O/c1-10-9-13(7-8-16-10)15(18)17(2)14(11-3-4-11)12-5-6-12/h10-14,16H,3-9H2,1-2H3/t10-,13-/m0/s1. The van der Waals surface area contributed by atoms with Gasteiger partial charge in [-0.15, -0.1) is 0 Å². The number of carbonyl (C=O) groups is 1. The van der Waals surface area contributed by atoms with Gasteiger partial charge in [0.25, 0.3) is 0 Å². The molecule has 0 spiro atoms. The van der Waals surface area contributed by atoms with Crippen molar-refractivity contribution in [3.05, 3.63) is 0 Å². The van der Waals surface area contributed by atoms with E-state index in [2.05, 4.69) is 24.2 Å². The van der Waals surface area contributed by atoms with E-state index in [0.717, 1.165) is 31.2 Å². The minimum absolute atomic E-state index is 0.270. The van der Waals surface area contributed by atoms with Crippen molar-refractivity contribution in [3.63, 3.8) is 0 Å². The Morgan fingerprint density at radius 2 is 1.78 bits per heavy atom. The molecule has 3 aliphatic rings. The fourth-order valence-electron chi connectivity index (χ4n) is 3.68. The summed E-state index contributed by atoms with van der Waals surface area (Å²) in [6.45, 7) is 3.20. The summed E-state index contributed by atoms with van der Waals surface area (Å²) in [6, 6.07) is 1.07. The average molecular weight is 250 g/mol. The molecule has 3 rings (SSSR count). The maximum atomic E-state index is 12.6. The van der Waals surface area contributed by atoms with E-state index in [9.17, 15) is 4.79 Å². The minimum atomic E-state index is 0.270. The highest BCUT2D eigenvalue weighted by Gasteiger charge is 2.45. The van der Waals surface area contributed by atoms with Crippen molar-refractivity contribution in [3.8, 4) is 0 Å². The third kappa shape index (κ3) is 2.56. The van der Waals surface area contributed by atoms with E-state index < -0.39 is 0 Å². The Morgan fingerprint density at radius 3 is 2.28 bits per heavy atom. The first-order chi connectivity index (χ1) is 8.66. The van der Waals surface area contributed by atoms with Gasteiger partial charge in [-0.2, -0.15) is 0 Å². The van der Waals surface area contributed by atoms with Crippen LogP contribution in [0.5, 0.6) is 0 Å². The molecular formula is C15H26N2O. The van der Waals surface area contributed by atoms with Gasteiger partial charge in [-0.25, -0.2) is 0 Å². The van der Waals surface area contributed by atoms with Gasteiger partial charge < -0.3 is 10.2 Å². The van der Waals surface area contributed by atoms with Gasteiger partial charge in [0.2, 0.25) is 5.91 Å². The van der Waals surface area contributed by atoms with Crippen LogP contribution in [0.15, 0.2) is 0 Å². The number of nitrogens with one attached hydrogen (secondary N) is 1. The molecule has 2 atom stereocenters. The Labute approximate surface area is 110 Å². The predicted molar refractivity (Wildman–Crippen MR) is 72.2 cm³/mol. The highest BCUT2D eigenvalue weighted by molar-refractivity contribution is 5.79. The number of hydrogen-bond donors (Lipinski definition) is 1. The monoisotopic (exact) mass is 250 g/mol. The van der Waals surface area contributed by atoms with Gasteiger partial charge in [0.1, 0.15) is 0 Å². The lowest BCUT2D eigenvalue weighted by molar-refractivity contribution is -0.138. The largest absolute Gasteiger partial charge is 0.342 e. The van der Waals surface area contributed by atoms with E-state index >= 15 is 0 Å². The smallest absolute Gasteiger partial charge is 0.225 e. The number of hydrogen-bond acceptors (Lipinski definition) is 2. The SMILES string of the molecule is C[C@H]1C[C@@H](C(=O)N(C)C(C2CC2)C2CC2)CCN1. The molecule has 1 heterocycles. The zero-order valence-electron chi connectivity index (χ0n) is 11.7. The zero-order valence-corrected chi connectivity index (χ0v) is 11.7. The Hall–Kier alpha value is -0.570. The molecule has 18 heavy (non-hydrogen) atoms. The Kier molecular flexibility index (Phi) is 3.35. The summed E-state index contributed by atoms with van der Waals surface area (Å²) in [5, 5.41) is 3.43. The molecule has 0 radical (unpaired) electrons. The van der Waals surface area contributed by atoms with Crippen LogP contribution in [0.3, 0.4) is 0 Å². The topological polar surface area (TPSA) is 32.3 Å². The van der Waals surface area contributed by atoms with Crippen LogP contribution in [0.25, 0.3) is 0 Å². The molecule has 0 bridgehead atoms. The minimum Gasteiger partial charge on any atom is -0.342 e. The summed E-state index contributed by atoms with van der Waals surface area (Å²) in [5.41, 5.74) is 0. The van der Waals surface area contributed by atoms with Crippen LogP contribution in [0, 0.1) is 17.8 Å². The van der Waals surface area contributed by atoms with E-state index in [1.54, 1.807) is 0 Å². The van der Waals surface area contributed by atoms with Crippen molar-refractivity contribution in [2.45, 2.75) is 57.5 Å². The number of nitrogens with zero attached hydrogens (tertiary/aromatic N) is 1. The summed E-state index contributed by atoms with van der Waals surface area (Å²) in [7, 11) is 2.07. The van der Waals surface area contributed by atoms with Crippen LogP contribution >= 0.6 is 0 Å². The van der Waals surface area contributed by atoms with Crippen molar-refractivity contribution in [1.82, 2.24) is 10.2 Å². The molecule has 0 unspecified atom stereocenters. The fraction of sp³-hybridized carbons (Fsp3) is 0.933. The summed E-state index contributed by atoms with van der Waals surface area (Å²) >= 11 is 0. The fourth-order valence-corrected chi connectivity index (χ4v) is 3.68. The molecule has 1 aliphatic heterocycles. The normalized spacial score (nSPS) is 32.6. The van der Waals surface area contributed by atoms with Gasteiger partial charge in [-0.05, 0) is 63.8 Å². The van der Waals surface area contributed by atoms with Crippen molar-refractivity contribution in [2.24, 2.45) is 17.8 Å². The van der Waals surface area contributed by atoms with Gasteiger partial charge in [-0.1, -0.05) is 0 Å². The first kappa shape index (κ1) is 12.5. The molecule has 0 aromatic rings. The molecule has 1 saturated heterocycles. The summed E-state index contributed by atoms with van der Waals surface area (Å²) in [5.74, 6) is 2.34. The first-order valence-corrected chi connectivity index (χ1v) is 7.67. The molecule has 1 amide bonds. The van der Waals surface area contributed by atoms with Crippen LogP contribution < -0.4 is 5.32 Å². The van der Waals surface area contributed by atoms with Gasteiger partial charge in [-0.3, -0.25) is 4.79 Å². The third-order valence-corrected chi connectivity index (χ3v) is 4.98. The van der Waals surface area contributed by atoms with Gasteiger partial charge in [0.15, 0.2) is 0 Å². The van der Waals surface area contributed by atoms with Crippen LogP contribution in [0.2, 0.25) is 0 Å². The second-order valence-electron chi connectivity index (χ2n) is 6.69. The Balaban J connectivity index is 1.62. The first-order valence-electron chi connectivity index (χ1n) is 7.67. The molecule has 102 valence electrons. The highest BCUT2D eigenvalue weighted by atomic mass is 16.2. The number of piperidine rings is 1. The molecule has 2 saturated carbocycles. The maximum absolute atomic E-state index is 12.6. The van der Waals surface area contributed by atoms with Crippen LogP contribution in [0.1, 0.15) is 45.4 Å². The lowest BCUT2D eigenvalue weighted by atomic mass is 9.91. The lowest BCUT2D eigenvalue weighted by Crippen LogP contribution is -2.47. The van der Waals surface area contributed by atoms with Crippen molar-refractivity contribution >= 4 is 5.91 Å². The summed E-state index contributed by atoms with van der Waals surface area (Å²) in [4.78, 5) is 14.8. The number of carbonyl (C=O) groups excluding carboxylic acids is 1. The molecular weight excluding hydrogens is 224 g/mol. The lowest BCUT2D eigenvalue weighted by Gasteiger charge is -2.35. The van der Waals surface area contributed by atoms with E-state index in [1.165, 1.54) is 25.7 Å². The van der Waals surface area contributed by atoms with Crippen LogP contribution in [-0.2, 0) is 4.79 Å². The van der Waals surface area contributed by atoms with Crippen molar-refractivity contribution in [2.75, 3.05) is 13.6 Å². The maximum Gasteiger partial charge on any atom is 0.225 e. The summed E-state index contributed by atoms with van der Waals surface area (Å²) < 4.78 is 0. The molecule has 3 fully saturated rings. The quantitative estimate of drug-likeness (QED) is 0.828. The second-order valence-corrected chi connectivity index (χ2v) is 6.69. The molecule has 3 nitrogen and oxygen atoms in total. The molecule has 0 aromatic heterocycles. The molecule has 0 aromatic carbocycles. The van der Waals surface area contributed by atoms with E-state index in [-0.39, 0.29) is 5.92 Å². The second kappa shape index (κ2) is 4.84. The van der Waals surface area contributed by atoms with Crippen molar-refractivity contribution in [1.29, 1.82) is 0 Å². The van der Waals surface area contributed by atoms with E-state index in [1.807, 2.05) is 0 Å². The van der Waals surface area contributed by atoms with E-state index in [0.29, 0.717) is 18.0 Å². The van der Waals surface area contributed by atoms with Gasteiger partial charge >= 0.3 is 0 Å². The molecule has 3 heteroatoms. The third-order valence-electron chi connectivity index (χ3n) is 4.98. The van der Waals surface area contributed by atoms with Gasteiger partial charge in [0.05, 0.1) is 0 Å². The highest BCUT2D eigenvalue weighted by Crippen LogP contribution is 2.47. The van der Waals surface area contributed by atoms with Gasteiger partial charge in [0, 0.05) is 25.0 Å². The van der Waals surface area contributed by atoms with Crippen molar-refractivity contribution < 1.29 is 4.79 Å². The summed E-state index contributed by atoms with van der Waals surface area (Å²) in [6.07, 6.45) is 7.44. The zero-order chi connectivity index (χ0) is 12.7. The molecule has 2 aliphatic carbocycles. The Morgan fingerprint density at radius 1 is 1.17 bits per heavy atom. The predicted octanol–water partition coefficient (Wildman–Crippen LogP) is 2.02. The molecule has 1 N–H and O–H groups in total. The number of amides is 1. The average Bonchev–Trinajstić information content (AvgIpc) is 3.22. The Bertz CT molecular complexity index is 310. The van der Waals surface area contributed by atoms with E-state index in [4.69, 9.17) is 0 Å².